The molecule has 0 unspecified atom stereocenters. The molecule has 116 valence electrons. The normalized spacial score (nSPS) is 16.3. The molecule has 0 atom stereocenters. The molecule has 1 aliphatic rings. The third kappa shape index (κ3) is 3.03. The lowest BCUT2D eigenvalue weighted by atomic mass is 9.96. The summed E-state index contributed by atoms with van der Waals surface area (Å²) >= 11 is 3.61. The lowest BCUT2D eigenvalue weighted by Crippen LogP contribution is -2.21. The summed E-state index contributed by atoms with van der Waals surface area (Å²) in [6, 6.07) is 11.4. The second-order valence-corrected chi connectivity index (χ2v) is 8.57. The van der Waals surface area contributed by atoms with E-state index >= 15 is 0 Å². The second-order valence-electron chi connectivity index (χ2n) is 5.74. The number of pyridine rings is 1. The van der Waals surface area contributed by atoms with Gasteiger partial charge in [0.15, 0.2) is 9.84 Å². The number of anilines is 1. The van der Waals surface area contributed by atoms with E-state index in [-0.39, 0.29) is 10.3 Å². The fourth-order valence-corrected chi connectivity index (χ4v) is 4.17. The molecule has 4 nitrogen and oxygen atoms in total. The van der Waals surface area contributed by atoms with Crippen LogP contribution in [0.1, 0.15) is 18.4 Å². The van der Waals surface area contributed by atoms with E-state index in [0.29, 0.717) is 12.4 Å². The molecular weight excluding hydrogens is 364 g/mol. The van der Waals surface area contributed by atoms with Crippen LogP contribution in [0, 0.1) is 0 Å². The van der Waals surface area contributed by atoms with Gasteiger partial charge in [-0.1, -0.05) is 34.1 Å². The number of benzene rings is 1. The first kappa shape index (κ1) is 15.5. The van der Waals surface area contributed by atoms with Gasteiger partial charge in [0.1, 0.15) is 10.7 Å². The molecular formula is C16H17BrN2O2S. The van der Waals surface area contributed by atoms with Gasteiger partial charge in [-0.15, -0.1) is 0 Å². The zero-order valence-corrected chi connectivity index (χ0v) is 14.6. The van der Waals surface area contributed by atoms with Crippen molar-refractivity contribution in [2.75, 3.05) is 18.1 Å². The van der Waals surface area contributed by atoms with Crippen molar-refractivity contribution in [3.63, 3.8) is 0 Å². The highest BCUT2D eigenvalue weighted by atomic mass is 79.9. The van der Waals surface area contributed by atoms with Crippen LogP contribution >= 0.6 is 15.9 Å². The van der Waals surface area contributed by atoms with Crippen LogP contribution in [0.2, 0.25) is 0 Å². The number of halogens is 1. The molecule has 1 aromatic carbocycles. The number of sulfone groups is 1. The molecule has 6 heteroatoms. The van der Waals surface area contributed by atoms with Gasteiger partial charge in [-0.25, -0.2) is 13.4 Å². The van der Waals surface area contributed by atoms with Crippen molar-refractivity contribution in [1.82, 2.24) is 4.98 Å². The molecule has 0 radical (unpaired) electrons. The summed E-state index contributed by atoms with van der Waals surface area (Å²) in [6.45, 7) is 0.676. The monoisotopic (exact) mass is 380 g/mol. The molecule has 1 N–H and O–H groups in total. The van der Waals surface area contributed by atoms with Gasteiger partial charge >= 0.3 is 0 Å². The molecule has 22 heavy (non-hydrogen) atoms. The average Bonchev–Trinajstić information content (AvgIpc) is 3.26. The average molecular weight is 381 g/mol. The lowest BCUT2D eigenvalue weighted by molar-refractivity contribution is 0.601. The van der Waals surface area contributed by atoms with Gasteiger partial charge in [0.05, 0.1) is 0 Å². The third-order valence-corrected chi connectivity index (χ3v) is 5.88. The maximum Gasteiger partial charge on any atom is 0.179 e. The maximum atomic E-state index is 11.8. The minimum absolute atomic E-state index is 0.0619. The Morgan fingerprint density at radius 3 is 2.59 bits per heavy atom. The molecule has 1 heterocycles. The first-order chi connectivity index (χ1) is 10.4. The standard InChI is InChI=1S/C16H17BrN2O2S/c1-22(20,21)14-7-4-10-18-15(14)19-11-16(8-9-16)12-5-2-3-6-13(12)17/h2-7,10H,8-9,11H2,1H3,(H,18,19). The van der Waals surface area contributed by atoms with Crippen molar-refractivity contribution in [3.8, 4) is 0 Å². The van der Waals surface area contributed by atoms with E-state index in [0.717, 1.165) is 17.3 Å². The minimum Gasteiger partial charge on any atom is -0.368 e. The summed E-state index contributed by atoms with van der Waals surface area (Å²) < 4.78 is 24.8. The number of nitrogens with zero attached hydrogens (tertiary/aromatic N) is 1. The number of hydrogen-bond acceptors (Lipinski definition) is 4. The molecule has 1 saturated carbocycles. The van der Waals surface area contributed by atoms with Gasteiger partial charge in [0.25, 0.3) is 0 Å². The molecule has 1 aliphatic carbocycles. The fourth-order valence-electron chi connectivity index (χ4n) is 2.66. The number of aromatic nitrogens is 1. The smallest absolute Gasteiger partial charge is 0.179 e. The first-order valence-corrected chi connectivity index (χ1v) is 9.75. The van der Waals surface area contributed by atoms with Crippen LogP contribution in [-0.4, -0.2) is 26.2 Å². The van der Waals surface area contributed by atoms with Crippen LogP contribution in [0.5, 0.6) is 0 Å². The Kier molecular flexibility index (Phi) is 3.99. The lowest BCUT2D eigenvalue weighted by Gasteiger charge is -2.19. The summed E-state index contributed by atoms with van der Waals surface area (Å²) in [5.41, 5.74) is 1.33. The number of hydrogen-bond donors (Lipinski definition) is 1. The highest BCUT2D eigenvalue weighted by Gasteiger charge is 2.45. The van der Waals surface area contributed by atoms with E-state index in [9.17, 15) is 8.42 Å². The molecule has 0 bridgehead atoms. The van der Waals surface area contributed by atoms with Crippen LogP contribution in [0.4, 0.5) is 5.82 Å². The second kappa shape index (κ2) is 5.66. The molecule has 0 aliphatic heterocycles. The molecule has 2 aromatic rings. The van der Waals surface area contributed by atoms with Crippen molar-refractivity contribution in [2.24, 2.45) is 0 Å². The summed E-state index contributed by atoms with van der Waals surface area (Å²) in [6.07, 6.45) is 4.98. The largest absolute Gasteiger partial charge is 0.368 e. The van der Waals surface area contributed by atoms with E-state index in [1.165, 1.54) is 11.8 Å². The zero-order chi connectivity index (χ0) is 15.8. The molecule has 1 fully saturated rings. The predicted molar refractivity (Wildman–Crippen MR) is 90.9 cm³/mol. The topological polar surface area (TPSA) is 59.1 Å². The van der Waals surface area contributed by atoms with Gasteiger partial charge in [-0.3, -0.25) is 0 Å². The summed E-state index contributed by atoms with van der Waals surface area (Å²) in [5.74, 6) is 0.434. The Labute approximate surface area is 139 Å². The Bertz CT molecular complexity index is 801. The van der Waals surface area contributed by atoms with Crippen molar-refractivity contribution in [3.05, 3.63) is 52.6 Å². The molecule has 0 spiro atoms. The van der Waals surface area contributed by atoms with Crippen molar-refractivity contribution in [1.29, 1.82) is 0 Å². The van der Waals surface area contributed by atoms with Crippen molar-refractivity contribution < 1.29 is 8.42 Å². The number of rotatable bonds is 5. The Hall–Kier alpha value is -1.40. The zero-order valence-electron chi connectivity index (χ0n) is 12.2. The highest BCUT2D eigenvalue weighted by Crippen LogP contribution is 2.50. The van der Waals surface area contributed by atoms with Crippen molar-refractivity contribution >= 4 is 31.6 Å². The van der Waals surface area contributed by atoms with Gasteiger partial charge in [0.2, 0.25) is 0 Å². The maximum absolute atomic E-state index is 11.8. The Morgan fingerprint density at radius 1 is 1.23 bits per heavy atom. The number of nitrogens with one attached hydrogen (secondary N) is 1. The minimum atomic E-state index is -3.29. The quantitative estimate of drug-likeness (QED) is 0.863. The van der Waals surface area contributed by atoms with Crippen LogP contribution < -0.4 is 5.32 Å². The molecule has 0 amide bonds. The Morgan fingerprint density at radius 2 is 1.95 bits per heavy atom. The third-order valence-electron chi connectivity index (χ3n) is 4.06. The van der Waals surface area contributed by atoms with Gasteiger partial charge in [-0.2, -0.15) is 0 Å². The molecule has 3 rings (SSSR count). The summed E-state index contributed by atoms with van der Waals surface area (Å²) in [4.78, 5) is 4.44. The van der Waals surface area contributed by atoms with E-state index in [1.54, 1.807) is 18.3 Å². The Balaban J connectivity index is 1.84. The van der Waals surface area contributed by atoms with Crippen LogP contribution in [0.15, 0.2) is 52.0 Å². The van der Waals surface area contributed by atoms with Gasteiger partial charge in [0, 0.05) is 28.9 Å². The van der Waals surface area contributed by atoms with Crippen LogP contribution in [0.3, 0.4) is 0 Å². The van der Waals surface area contributed by atoms with Crippen LogP contribution in [0.25, 0.3) is 0 Å². The summed E-state index contributed by atoms with van der Waals surface area (Å²) in [7, 11) is -3.29. The first-order valence-electron chi connectivity index (χ1n) is 7.06. The highest BCUT2D eigenvalue weighted by molar-refractivity contribution is 9.10. The van der Waals surface area contributed by atoms with E-state index in [1.807, 2.05) is 18.2 Å². The SMILES string of the molecule is CS(=O)(=O)c1cccnc1NCC1(c2ccccc2Br)CC1. The van der Waals surface area contributed by atoms with Gasteiger partial charge in [-0.05, 0) is 36.6 Å². The van der Waals surface area contributed by atoms with E-state index in [2.05, 4.69) is 32.3 Å². The van der Waals surface area contributed by atoms with E-state index < -0.39 is 9.84 Å². The van der Waals surface area contributed by atoms with E-state index in [4.69, 9.17) is 0 Å². The van der Waals surface area contributed by atoms with Crippen molar-refractivity contribution in [2.45, 2.75) is 23.2 Å². The summed E-state index contributed by atoms with van der Waals surface area (Å²) in [5, 5.41) is 3.24. The molecule has 1 aromatic heterocycles. The predicted octanol–water partition coefficient (Wildman–Crippen LogP) is 3.39. The van der Waals surface area contributed by atoms with Crippen LogP contribution in [-0.2, 0) is 15.3 Å². The fraction of sp³-hybridized carbons (Fsp3) is 0.312. The molecule has 0 saturated heterocycles. The van der Waals surface area contributed by atoms with Gasteiger partial charge < -0.3 is 5.32 Å².